The van der Waals surface area contributed by atoms with Crippen molar-refractivity contribution in [1.82, 2.24) is 5.43 Å². The molecule has 4 nitrogen and oxygen atoms in total. The van der Waals surface area contributed by atoms with Crippen LogP contribution in [0.25, 0.3) is 0 Å². The Morgan fingerprint density at radius 1 is 1.38 bits per heavy atom. The smallest absolute Gasteiger partial charge is 0.210 e. The highest BCUT2D eigenvalue weighted by molar-refractivity contribution is 9.11. The zero-order chi connectivity index (χ0) is 12.0. The molecule has 0 heterocycles. The Kier molecular flexibility index (Phi) is 5.79. The third-order valence-electron chi connectivity index (χ3n) is 1.84. The van der Waals surface area contributed by atoms with Gasteiger partial charge >= 0.3 is 0 Å². The third-order valence-corrected chi connectivity index (χ3v) is 3.16. The second kappa shape index (κ2) is 6.88. The van der Waals surface area contributed by atoms with Gasteiger partial charge in [-0.25, -0.2) is 5.84 Å². The second-order valence-corrected chi connectivity index (χ2v) is 4.80. The number of halogens is 2. The van der Waals surface area contributed by atoms with Crippen molar-refractivity contribution in [1.29, 1.82) is 0 Å². The molecule has 0 aliphatic rings. The van der Waals surface area contributed by atoms with E-state index in [1.165, 1.54) is 0 Å². The van der Waals surface area contributed by atoms with Gasteiger partial charge in [0, 0.05) is 15.5 Å². The topological polar surface area (TPSA) is 62.4 Å². The zero-order valence-electron chi connectivity index (χ0n) is 8.93. The average molecular weight is 350 g/mol. The Balaban J connectivity index is 2.85. The fraction of sp³-hybridized carbons (Fsp3) is 0.300. The van der Waals surface area contributed by atoms with Crippen molar-refractivity contribution in [2.24, 2.45) is 10.8 Å². The van der Waals surface area contributed by atoms with Gasteiger partial charge in [0.1, 0.15) is 0 Å². The molecule has 0 unspecified atom stereocenters. The first-order valence-electron chi connectivity index (χ1n) is 4.91. The van der Waals surface area contributed by atoms with Crippen molar-refractivity contribution in [2.45, 2.75) is 13.3 Å². The first-order chi connectivity index (χ1) is 7.69. The number of hydrazine groups is 1. The molecule has 0 radical (unpaired) electrons. The molecular weight excluding hydrogens is 336 g/mol. The third kappa shape index (κ3) is 3.77. The molecule has 1 aromatic carbocycles. The Bertz CT molecular complexity index is 359. The van der Waals surface area contributed by atoms with Crippen LogP contribution in [0.1, 0.15) is 13.3 Å². The standard InChI is InChI=1S/C10H14Br2N4/c1-2-6-14-10(16-13)15-9-7(11)4-3-5-8(9)12/h3-5H,2,6,13H2,1H3,(H2,14,15,16). The molecule has 0 fully saturated rings. The van der Waals surface area contributed by atoms with Crippen LogP contribution in [0.2, 0.25) is 0 Å². The maximum Gasteiger partial charge on any atom is 0.210 e. The van der Waals surface area contributed by atoms with Gasteiger partial charge in [-0.05, 0) is 50.4 Å². The number of guanidine groups is 1. The van der Waals surface area contributed by atoms with E-state index in [4.69, 9.17) is 5.84 Å². The first kappa shape index (κ1) is 13.5. The maximum absolute atomic E-state index is 5.39. The van der Waals surface area contributed by atoms with E-state index in [1.807, 2.05) is 18.2 Å². The minimum atomic E-state index is 0.550. The van der Waals surface area contributed by atoms with Gasteiger partial charge < -0.3 is 5.32 Å². The van der Waals surface area contributed by atoms with Gasteiger partial charge in [-0.3, -0.25) is 10.4 Å². The van der Waals surface area contributed by atoms with Crippen LogP contribution in [-0.4, -0.2) is 12.5 Å². The van der Waals surface area contributed by atoms with Gasteiger partial charge in [-0.2, -0.15) is 0 Å². The van der Waals surface area contributed by atoms with Crippen LogP contribution in [0, 0.1) is 0 Å². The second-order valence-electron chi connectivity index (χ2n) is 3.10. The average Bonchev–Trinajstić information content (AvgIpc) is 2.28. The van der Waals surface area contributed by atoms with Gasteiger partial charge in [-0.15, -0.1) is 0 Å². The molecule has 0 aliphatic heterocycles. The predicted octanol–water partition coefficient (Wildman–Crippen LogP) is 2.85. The number of aliphatic imine (C=N–C) groups is 1. The van der Waals surface area contributed by atoms with E-state index in [2.05, 4.69) is 54.5 Å². The van der Waals surface area contributed by atoms with Crippen LogP contribution in [0.15, 0.2) is 32.1 Å². The fourth-order valence-corrected chi connectivity index (χ4v) is 2.28. The van der Waals surface area contributed by atoms with Crippen LogP contribution >= 0.6 is 31.9 Å². The predicted molar refractivity (Wildman–Crippen MR) is 75.4 cm³/mol. The molecule has 1 aromatic rings. The summed E-state index contributed by atoms with van der Waals surface area (Å²) in [5.74, 6) is 5.94. The number of anilines is 1. The highest BCUT2D eigenvalue weighted by atomic mass is 79.9. The van der Waals surface area contributed by atoms with Crippen LogP contribution in [0.4, 0.5) is 5.69 Å². The molecular formula is C10H14Br2N4. The minimum Gasteiger partial charge on any atom is -0.323 e. The zero-order valence-corrected chi connectivity index (χ0v) is 12.1. The molecule has 0 aliphatic carbocycles. The summed E-state index contributed by atoms with van der Waals surface area (Å²) < 4.78 is 1.89. The lowest BCUT2D eigenvalue weighted by atomic mass is 10.3. The highest BCUT2D eigenvalue weighted by Crippen LogP contribution is 2.30. The normalized spacial score (nSPS) is 11.4. The van der Waals surface area contributed by atoms with Gasteiger partial charge in [0.15, 0.2) is 0 Å². The summed E-state index contributed by atoms with van der Waals surface area (Å²) in [5.41, 5.74) is 3.44. The lowest BCUT2D eigenvalue weighted by Gasteiger charge is -2.12. The molecule has 0 bridgehead atoms. The number of para-hydroxylation sites is 1. The number of nitrogens with one attached hydrogen (secondary N) is 2. The number of nitrogens with two attached hydrogens (primary N) is 1. The summed E-state index contributed by atoms with van der Waals surface area (Å²) >= 11 is 6.91. The van der Waals surface area contributed by atoms with Crippen LogP contribution in [0.5, 0.6) is 0 Å². The Morgan fingerprint density at radius 3 is 2.50 bits per heavy atom. The molecule has 1 rings (SSSR count). The van der Waals surface area contributed by atoms with E-state index >= 15 is 0 Å². The summed E-state index contributed by atoms with van der Waals surface area (Å²) in [5, 5.41) is 3.12. The van der Waals surface area contributed by atoms with Crippen molar-refractivity contribution < 1.29 is 0 Å². The molecule has 0 saturated heterocycles. The molecule has 0 atom stereocenters. The SMILES string of the molecule is CCCN=C(NN)Nc1c(Br)cccc1Br. The number of hydrogen-bond acceptors (Lipinski definition) is 2. The van der Waals surface area contributed by atoms with Crippen molar-refractivity contribution in [2.75, 3.05) is 11.9 Å². The Hall–Kier alpha value is -0.590. The molecule has 88 valence electrons. The molecule has 6 heteroatoms. The fourth-order valence-electron chi connectivity index (χ4n) is 1.08. The largest absolute Gasteiger partial charge is 0.323 e. The quantitative estimate of drug-likeness (QED) is 0.340. The summed E-state index contributed by atoms with van der Waals surface area (Å²) in [6.45, 7) is 2.79. The van der Waals surface area contributed by atoms with Gasteiger partial charge in [0.2, 0.25) is 5.96 Å². The van der Waals surface area contributed by atoms with E-state index in [-0.39, 0.29) is 0 Å². The Labute approximate surface area is 112 Å². The molecule has 0 aromatic heterocycles. The number of benzene rings is 1. The molecule has 16 heavy (non-hydrogen) atoms. The van der Waals surface area contributed by atoms with E-state index in [0.29, 0.717) is 5.96 Å². The van der Waals surface area contributed by atoms with Gasteiger partial charge in [0.25, 0.3) is 0 Å². The van der Waals surface area contributed by atoms with Crippen molar-refractivity contribution >= 4 is 43.5 Å². The summed E-state index contributed by atoms with van der Waals surface area (Å²) in [7, 11) is 0. The molecule has 0 saturated carbocycles. The lowest BCUT2D eigenvalue weighted by Crippen LogP contribution is -2.36. The summed E-state index contributed by atoms with van der Waals surface area (Å²) in [4.78, 5) is 4.27. The van der Waals surface area contributed by atoms with E-state index < -0.39 is 0 Å². The van der Waals surface area contributed by atoms with Crippen LogP contribution < -0.4 is 16.6 Å². The van der Waals surface area contributed by atoms with Crippen LogP contribution in [0.3, 0.4) is 0 Å². The van der Waals surface area contributed by atoms with E-state index in [9.17, 15) is 0 Å². The number of rotatable bonds is 3. The maximum atomic E-state index is 5.39. The van der Waals surface area contributed by atoms with E-state index in [1.54, 1.807) is 0 Å². The molecule has 0 spiro atoms. The Morgan fingerprint density at radius 2 is 2.00 bits per heavy atom. The summed E-state index contributed by atoms with van der Waals surface area (Å²) in [6.07, 6.45) is 0.976. The van der Waals surface area contributed by atoms with Crippen LogP contribution in [-0.2, 0) is 0 Å². The monoisotopic (exact) mass is 348 g/mol. The van der Waals surface area contributed by atoms with Crippen molar-refractivity contribution in [3.05, 3.63) is 27.1 Å². The van der Waals surface area contributed by atoms with Gasteiger partial charge in [-0.1, -0.05) is 13.0 Å². The number of hydrogen-bond donors (Lipinski definition) is 3. The first-order valence-corrected chi connectivity index (χ1v) is 6.49. The van der Waals surface area contributed by atoms with Crippen molar-refractivity contribution in [3.8, 4) is 0 Å². The lowest BCUT2D eigenvalue weighted by molar-refractivity contribution is 0.905. The van der Waals surface area contributed by atoms with Gasteiger partial charge in [0.05, 0.1) is 5.69 Å². The van der Waals surface area contributed by atoms with E-state index in [0.717, 1.165) is 27.6 Å². The van der Waals surface area contributed by atoms with Crippen molar-refractivity contribution in [3.63, 3.8) is 0 Å². The summed E-state index contributed by atoms with van der Waals surface area (Å²) in [6, 6.07) is 5.83. The highest BCUT2D eigenvalue weighted by Gasteiger charge is 2.06. The number of nitrogens with zero attached hydrogens (tertiary/aromatic N) is 1. The molecule has 4 N–H and O–H groups in total. The minimum absolute atomic E-state index is 0.550. The molecule has 0 amide bonds.